The average Bonchev–Trinajstić information content (AvgIpc) is 2.91. The Morgan fingerprint density at radius 3 is 2.35 bits per heavy atom. The fourth-order valence-electron chi connectivity index (χ4n) is 3.72. The van der Waals surface area contributed by atoms with Crippen LogP contribution in [0.5, 0.6) is 0 Å². The highest BCUT2D eigenvalue weighted by atomic mass is 16.5. The highest BCUT2D eigenvalue weighted by Crippen LogP contribution is 2.35. The van der Waals surface area contributed by atoms with Crippen LogP contribution >= 0.6 is 0 Å². The van der Waals surface area contributed by atoms with Crippen molar-refractivity contribution < 1.29 is 4.74 Å². The number of nitrogens with two attached hydrogens (primary N) is 1. The van der Waals surface area contributed by atoms with Gasteiger partial charge in [-0.3, -0.25) is 4.99 Å². The molecule has 2 heterocycles. The van der Waals surface area contributed by atoms with Crippen molar-refractivity contribution in [1.82, 2.24) is 4.90 Å². The minimum absolute atomic E-state index is 0.0793. The fourth-order valence-corrected chi connectivity index (χ4v) is 3.72. The van der Waals surface area contributed by atoms with Crippen LogP contribution in [0.15, 0.2) is 35.3 Å². The Bertz CT molecular complexity index is 501. The van der Waals surface area contributed by atoms with Crippen molar-refractivity contribution in [2.45, 2.75) is 43.9 Å². The molecule has 1 aromatic rings. The van der Waals surface area contributed by atoms with Crippen molar-refractivity contribution >= 4 is 5.96 Å². The van der Waals surface area contributed by atoms with E-state index in [1.807, 2.05) is 0 Å². The maximum absolute atomic E-state index is 6.32. The number of rotatable bonds is 3. The van der Waals surface area contributed by atoms with E-state index in [0.717, 1.165) is 51.6 Å². The van der Waals surface area contributed by atoms with Crippen LogP contribution in [0.3, 0.4) is 0 Å². The molecule has 0 aromatic heterocycles. The number of benzene rings is 1. The van der Waals surface area contributed by atoms with Gasteiger partial charge in [0.2, 0.25) is 0 Å². The Morgan fingerprint density at radius 2 is 1.70 bits per heavy atom. The summed E-state index contributed by atoms with van der Waals surface area (Å²) in [6, 6.07) is 10.8. The molecule has 2 fully saturated rings. The van der Waals surface area contributed by atoms with Crippen molar-refractivity contribution in [1.29, 1.82) is 0 Å². The second-order valence-corrected chi connectivity index (χ2v) is 6.83. The molecule has 4 nitrogen and oxygen atoms in total. The third-order valence-electron chi connectivity index (χ3n) is 5.31. The number of hydrogen-bond acceptors (Lipinski definition) is 2. The molecule has 2 aliphatic heterocycles. The third kappa shape index (κ3) is 4.05. The molecule has 1 aromatic carbocycles. The topological polar surface area (TPSA) is 50.9 Å². The molecule has 0 saturated carbocycles. The first-order valence-corrected chi connectivity index (χ1v) is 8.98. The molecule has 2 N–H and O–H groups in total. The standard InChI is InChI=1S/C19H29N3O/c20-18(22-12-6-1-2-7-13-22)21-16-19(10-14-23-15-11-19)17-8-4-3-5-9-17/h3-5,8-9H,1-2,6-7,10-16H2,(H2,20,21). The summed E-state index contributed by atoms with van der Waals surface area (Å²) < 4.78 is 5.60. The summed E-state index contributed by atoms with van der Waals surface area (Å²) >= 11 is 0. The van der Waals surface area contributed by atoms with Crippen molar-refractivity contribution in [2.24, 2.45) is 10.7 Å². The molecule has 0 atom stereocenters. The monoisotopic (exact) mass is 315 g/mol. The normalized spacial score (nSPS) is 22.6. The molecule has 0 aliphatic carbocycles. The van der Waals surface area contributed by atoms with Gasteiger partial charge in [-0.1, -0.05) is 43.2 Å². The largest absolute Gasteiger partial charge is 0.381 e. The van der Waals surface area contributed by atoms with Crippen molar-refractivity contribution in [2.75, 3.05) is 32.8 Å². The molecule has 3 rings (SSSR count). The summed E-state index contributed by atoms with van der Waals surface area (Å²) in [5.41, 5.74) is 7.77. The predicted octanol–water partition coefficient (Wildman–Crippen LogP) is 2.93. The van der Waals surface area contributed by atoms with Gasteiger partial charge in [0, 0.05) is 31.7 Å². The second-order valence-electron chi connectivity index (χ2n) is 6.83. The first kappa shape index (κ1) is 16.3. The SMILES string of the molecule is NC(=NCC1(c2ccccc2)CCOCC1)N1CCCCCC1. The lowest BCUT2D eigenvalue weighted by molar-refractivity contribution is 0.0530. The summed E-state index contributed by atoms with van der Waals surface area (Å²) in [6.07, 6.45) is 7.13. The second kappa shape index (κ2) is 7.82. The molecule has 2 saturated heterocycles. The van der Waals surface area contributed by atoms with Crippen molar-refractivity contribution in [3.63, 3.8) is 0 Å². The molecule has 23 heavy (non-hydrogen) atoms. The first-order valence-electron chi connectivity index (χ1n) is 8.98. The van der Waals surface area contributed by atoms with E-state index in [4.69, 9.17) is 15.5 Å². The Morgan fingerprint density at radius 1 is 1.04 bits per heavy atom. The summed E-state index contributed by atoms with van der Waals surface area (Å²) in [5.74, 6) is 0.730. The molecule has 0 bridgehead atoms. The summed E-state index contributed by atoms with van der Waals surface area (Å²) in [6.45, 7) is 4.50. The number of nitrogens with zero attached hydrogens (tertiary/aromatic N) is 2. The van der Waals surface area contributed by atoms with E-state index in [1.165, 1.54) is 31.2 Å². The van der Waals surface area contributed by atoms with E-state index < -0.39 is 0 Å². The Balaban J connectivity index is 1.74. The zero-order valence-corrected chi connectivity index (χ0v) is 14.0. The molecule has 0 unspecified atom stereocenters. The number of likely N-dealkylation sites (tertiary alicyclic amines) is 1. The molecule has 0 spiro atoms. The molecule has 0 radical (unpaired) electrons. The quantitative estimate of drug-likeness (QED) is 0.689. The molecular weight excluding hydrogens is 286 g/mol. The zero-order valence-electron chi connectivity index (χ0n) is 14.0. The Labute approximate surface area is 139 Å². The first-order chi connectivity index (χ1) is 11.3. The van der Waals surface area contributed by atoms with Crippen molar-refractivity contribution in [3.05, 3.63) is 35.9 Å². The minimum atomic E-state index is 0.0793. The molecule has 126 valence electrons. The van der Waals surface area contributed by atoms with E-state index >= 15 is 0 Å². The highest BCUT2D eigenvalue weighted by Gasteiger charge is 2.34. The van der Waals surface area contributed by atoms with Crippen LogP contribution in [0.1, 0.15) is 44.1 Å². The van der Waals surface area contributed by atoms with Crippen LogP contribution in [-0.4, -0.2) is 43.7 Å². The summed E-state index contributed by atoms with van der Waals surface area (Å²) in [5, 5.41) is 0. The van der Waals surface area contributed by atoms with Crippen LogP contribution in [0.4, 0.5) is 0 Å². The molecule has 0 amide bonds. The lowest BCUT2D eigenvalue weighted by Gasteiger charge is -2.37. The van der Waals surface area contributed by atoms with Gasteiger partial charge in [0.15, 0.2) is 5.96 Å². The predicted molar refractivity (Wildman–Crippen MR) is 94.7 cm³/mol. The van der Waals surface area contributed by atoms with Gasteiger partial charge in [-0.05, 0) is 31.2 Å². The van der Waals surface area contributed by atoms with Crippen LogP contribution in [0, 0.1) is 0 Å². The van der Waals surface area contributed by atoms with Gasteiger partial charge >= 0.3 is 0 Å². The maximum atomic E-state index is 6.32. The smallest absolute Gasteiger partial charge is 0.191 e. The number of aliphatic imine (C=N–C) groups is 1. The van der Waals surface area contributed by atoms with E-state index in [2.05, 4.69) is 35.2 Å². The Hall–Kier alpha value is -1.55. The average molecular weight is 315 g/mol. The molecule has 2 aliphatic rings. The van der Waals surface area contributed by atoms with Gasteiger partial charge in [-0.2, -0.15) is 0 Å². The maximum Gasteiger partial charge on any atom is 0.191 e. The minimum Gasteiger partial charge on any atom is -0.381 e. The van der Waals surface area contributed by atoms with E-state index in [1.54, 1.807) is 0 Å². The number of ether oxygens (including phenoxy) is 1. The van der Waals surface area contributed by atoms with E-state index in [9.17, 15) is 0 Å². The van der Waals surface area contributed by atoms with Gasteiger partial charge < -0.3 is 15.4 Å². The van der Waals surface area contributed by atoms with Crippen LogP contribution in [0.25, 0.3) is 0 Å². The van der Waals surface area contributed by atoms with E-state index in [0.29, 0.717) is 0 Å². The van der Waals surface area contributed by atoms with Gasteiger partial charge in [-0.25, -0.2) is 0 Å². The fraction of sp³-hybridized carbons (Fsp3) is 0.632. The van der Waals surface area contributed by atoms with E-state index in [-0.39, 0.29) is 5.41 Å². The van der Waals surface area contributed by atoms with Crippen LogP contribution < -0.4 is 5.73 Å². The molecule has 4 heteroatoms. The van der Waals surface area contributed by atoms with Crippen LogP contribution in [-0.2, 0) is 10.2 Å². The summed E-state index contributed by atoms with van der Waals surface area (Å²) in [4.78, 5) is 7.10. The van der Waals surface area contributed by atoms with Crippen molar-refractivity contribution in [3.8, 4) is 0 Å². The van der Waals surface area contributed by atoms with Gasteiger partial charge in [0.1, 0.15) is 0 Å². The number of hydrogen-bond donors (Lipinski definition) is 1. The van der Waals surface area contributed by atoms with Gasteiger partial charge in [0.25, 0.3) is 0 Å². The molecular formula is C19H29N3O. The zero-order chi connectivity index (χ0) is 16.0. The lowest BCUT2D eigenvalue weighted by atomic mass is 9.74. The Kier molecular flexibility index (Phi) is 5.55. The summed E-state index contributed by atoms with van der Waals surface area (Å²) in [7, 11) is 0. The number of guanidine groups is 1. The lowest BCUT2D eigenvalue weighted by Crippen LogP contribution is -2.41. The van der Waals surface area contributed by atoms with Gasteiger partial charge in [-0.15, -0.1) is 0 Å². The third-order valence-corrected chi connectivity index (χ3v) is 5.31. The van der Waals surface area contributed by atoms with Gasteiger partial charge in [0.05, 0.1) is 6.54 Å². The highest BCUT2D eigenvalue weighted by molar-refractivity contribution is 5.78. The van der Waals surface area contributed by atoms with Crippen LogP contribution in [0.2, 0.25) is 0 Å².